The molecule has 0 aliphatic rings. The van der Waals surface area contributed by atoms with Crippen LogP contribution in [0.1, 0.15) is 17.3 Å². The summed E-state index contributed by atoms with van der Waals surface area (Å²) < 4.78 is 0. The van der Waals surface area contributed by atoms with Gasteiger partial charge in [-0.25, -0.2) is 0 Å². The molecule has 0 fully saturated rings. The van der Waals surface area contributed by atoms with E-state index in [0.29, 0.717) is 15.1 Å². The second kappa shape index (κ2) is 5.23. The normalized spacial score (nSPS) is 12.5. The summed E-state index contributed by atoms with van der Waals surface area (Å²) in [7, 11) is 0. The van der Waals surface area contributed by atoms with Crippen molar-refractivity contribution in [2.45, 2.75) is 6.04 Å². The number of nitrogens with zero attached hydrogens (tertiary/aromatic N) is 1. The molecule has 1 aromatic heterocycles. The van der Waals surface area contributed by atoms with E-state index < -0.39 is 0 Å². The van der Waals surface area contributed by atoms with E-state index in [1.807, 2.05) is 6.07 Å². The average Bonchev–Trinajstić information content (AvgIpc) is 2.33. The Morgan fingerprint density at radius 1 is 1.00 bits per heavy atom. The Labute approximate surface area is 114 Å². The van der Waals surface area contributed by atoms with E-state index in [1.54, 1.807) is 30.5 Å². The Kier molecular flexibility index (Phi) is 3.89. The molecule has 2 rings (SSSR count). The minimum absolute atomic E-state index is 0.345. The Balaban J connectivity index is 2.33. The Morgan fingerprint density at radius 2 is 1.76 bits per heavy atom. The van der Waals surface area contributed by atoms with Crippen LogP contribution in [0, 0.1) is 0 Å². The molecule has 1 unspecified atom stereocenters. The Bertz CT molecular complexity index is 526. The van der Waals surface area contributed by atoms with Crippen molar-refractivity contribution in [2.24, 2.45) is 5.73 Å². The molecule has 2 nitrogen and oxygen atoms in total. The van der Waals surface area contributed by atoms with Crippen LogP contribution in [-0.2, 0) is 0 Å². The third-order valence-electron chi connectivity index (χ3n) is 2.37. The maximum Gasteiger partial charge on any atom is 0.0726 e. The molecule has 88 valence electrons. The van der Waals surface area contributed by atoms with Gasteiger partial charge in [-0.05, 0) is 29.8 Å². The van der Waals surface area contributed by atoms with E-state index in [2.05, 4.69) is 4.98 Å². The molecule has 1 atom stereocenters. The summed E-state index contributed by atoms with van der Waals surface area (Å²) in [6, 6.07) is 8.48. The number of aromatic nitrogens is 1. The number of hydrogen-bond donors (Lipinski definition) is 1. The molecule has 0 saturated carbocycles. The summed E-state index contributed by atoms with van der Waals surface area (Å²) in [4.78, 5) is 4.17. The zero-order chi connectivity index (χ0) is 12.4. The highest BCUT2D eigenvalue weighted by atomic mass is 35.5. The second-order valence-electron chi connectivity index (χ2n) is 3.55. The van der Waals surface area contributed by atoms with Crippen LogP contribution >= 0.6 is 34.8 Å². The first-order valence-corrected chi connectivity index (χ1v) is 6.03. The van der Waals surface area contributed by atoms with Crippen molar-refractivity contribution in [2.75, 3.05) is 0 Å². The zero-order valence-electron chi connectivity index (χ0n) is 8.70. The van der Waals surface area contributed by atoms with Gasteiger partial charge in [0.2, 0.25) is 0 Å². The lowest BCUT2D eigenvalue weighted by Crippen LogP contribution is -2.13. The van der Waals surface area contributed by atoms with Gasteiger partial charge >= 0.3 is 0 Å². The van der Waals surface area contributed by atoms with Gasteiger partial charge in [0.05, 0.1) is 26.8 Å². The highest BCUT2D eigenvalue weighted by Gasteiger charge is 2.11. The summed E-state index contributed by atoms with van der Waals surface area (Å²) in [5.41, 5.74) is 7.66. The van der Waals surface area contributed by atoms with E-state index >= 15 is 0 Å². The van der Waals surface area contributed by atoms with E-state index in [9.17, 15) is 0 Å². The number of hydrogen-bond acceptors (Lipinski definition) is 2. The minimum Gasteiger partial charge on any atom is -0.319 e. The first-order chi connectivity index (χ1) is 8.08. The van der Waals surface area contributed by atoms with Crippen molar-refractivity contribution in [3.05, 3.63) is 62.9 Å². The number of halogens is 3. The largest absolute Gasteiger partial charge is 0.319 e. The van der Waals surface area contributed by atoms with E-state index in [0.717, 1.165) is 11.3 Å². The molecule has 0 aliphatic carbocycles. The van der Waals surface area contributed by atoms with Gasteiger partial charge in [-0.2, -0.15) is 0 Å². The number of rotatable bonds is 2. The molecule has 0 radical (unpaired) electrons. The van der Waals surface area contributed by atoms with Gasteiger partial charge in [0.15, 0.2) is 0 Å². The van der Waals surface area contributed by atoms with E-state index in [-0.39, 0.29) is 6.04 Å². The topological polar surface area (TPSA) is 38.9 Å². The summed E-state index contributed by atoms with van der Waals surface area (Å²) in [5.74, 6) is 0. The second-order valence-corrected chi connectivity index (χ2v) is 4.80. The van der Waals surface area contributed by atoms with Crippen molar-refractivity contribution >= 4 is 34.8 Å². The van der Waals surface area contributed by atoms with Crippen LogP contribution in [0.25, 0.3) is 0 Å². The SMILES string of the molecule is NC(c1ccc(Cl)c(Cl)c1)c1ccc(Cl)cn1. The minimum atomic E-state index is -0.345. The van der Waals surface area contributed by atoms with Crippen LogP contribution in [0.4, 0.5) is 0 Å². The van der Waals surface area contributed by atoms with Gasteiger partial charge < -0.3 is 5.73 Å². The van der Waals surface area contributed by atoms with Crippen molar-refractivity contribution in [3.63, 3.8) is 0 Å². The van der Waals surface area contributed by atoms with E-state index in [4.69, 9.17) is 40.5 Å². The van der Waals surface area contributed by atoms with Crippen molar-refractivity contribution < 1.29 is 0 Å². The fourth-order valence-corrected chi connectivity index (χ4v) is 1.87. The molecular weight excluding hydrogens is 279 g/mol. The first kappa shape index (κ1) is 12.7. The summed E-state index contributed by atoms with van der Waals surface area (Å²) in [6.45, 7) is 0. The highest BCUT2D eigenvalue weighted by molar-refractivity contribution is 6.42. The molecular formula is C12H9Cl3N2. The lowest BCUT2D eigenvalue weighted by atomic mass is 10.0. The lowest BCUT2D eigenvalue weighted by molar-refractivity contribution is 0.829. The van der Waals surface area contributed by atoms with Gasteiger partial charge in [0.1, 0.15) is 0 Å². The van der Waals surface area contributed by atoms with Crippen molar-refractivity contribution in [1.82, 2.24) is 4.98 Å². The summed E-state index contributed by atoms with van der Waals surface area (Å²) >= 11 is 17.6. The van der Waals surface area contributed by atoms with Crippen LogP contribution in [-0.4, -0.2) is 4.98 Å². The van der Waals surface area contributed by atoms with Gasteiger partial charge in [-0.3, -0.25) is 4.98 Å². The van der Waals surface area contributed by atoms with Crippen LogP contribution in [0.5, 0.6) is 0 Å². The molecule has 0 bridgehead atoms. The molecule has 0 saturated heterocycles. The van der Waals surface area contributed by atoms with Crippen LogP contribution < -0.4 is 5.73 Å². The smallest absolute Gasteiger partial charge is 0.0726 e. The maximum absolute atomic E-state index is 6.08. The Hall–Kier alpha value is -0.800. The molecule has 0 amide bonds. The monoisotopic (exact) mass is 286 g/mol. The molecule has 0 spiro atoms. The van der Waals surface area contributed by atoms with Crippen LogP contribution in [0.2, 0.25) is 15.1 Å². The highest BCUT2D eigenvalue weighted by Crippen LogP contribution is 2.27. The van der Waals surface area contributed by atoms with Crippen molar-refractivity contribution in [1.29, 1.82) is 0 Å². The van der Waals surface area contributed by atoms with Crippen LogP contribution in [0.15, 0.2) is 36.5 Å². The molecule has 5 heteroatoms. The first-order valence-electron chi connectivity index (χ1n) is 4.90. The third-order valence-corrected chi connectivity index (χ3v) is 3.33. The third kappa shape index (κ3) is 2.90. The number of benzene rings is 1. The zero-order valence-corrected chi connectivity index (χ0v) is 11.0. The van der Waals surface area contributed by atoms with E-state index in [1.165, 1.54) is 0 Å². The molecule has 0 aliphatic heterocycles. The van der Waals surface area contributed by atoms with Gasteiger partial charge in [-0.1, -0.05) is 40.9 Å². The molecule has 2 N–H and O–H groups in total. The predicted octanol–water partition coefficient (Wildman–Crippen LogP) is 4.09. The Morgan fingerprint density at radius 3 is 2.35 bits per heavy atom. The fourth-order valence-electron chi connectivity index (χ4n) is 1.45. The summed E-state index contributed by atoms with van der Waals surface area (Å²) in [5, 5.41) is 1.57. The lowest BCUT2D eigenvalue weighted by Gasteiger charge is -2.12. The summed E-state index contributed by atoms with van der Waals surface area (Å²) in [6.07, 6.45) is 1.56. The quantitative estimate of drug-likeness (QED) is 0.903. The van der Waals surface area contributed by atoms with Gasteiger partial charge in [0, 0.05) is 6.20 Å². The number of nitrogens with two attached hydrogens (primary N) is 1. The molecule has 1 aromatic carbocycles. The fraction of sp³-hybridized carbons (Fsp3) is 0.0833. The average molecular weight is 288 g/mol. The molecule has 2 aromatic rings. The number of pyridine rings is 1. The maximum atomic E-state index is 6.08. The van der Waals surface area contributed by atoms with Gasteiger partial charge in [0.25, 0.3) is 0 Å². The predicted molar refractivity (Wildman–Crippen MR) is 71.7 cm³/mol. The van der Waals surface area contributed by atoms with Crippen molar-refractivity contribution in [3.8, 4) is 0 Å². The molecule has 17 heavy (non-hydrogen) atoms. The van der Waals surface area contributed by atoms with Crippen LogP contribution in [0.3, 0.4) is 0 Å². The standard InChI is InChI=1S/C12H9Cl3N2/c13-8-2-4-11(17-6-8)12(16)7-1-3-9(14)10(15)5-7/h1-6,12H,16H2. The molecule has 1 heterocycles. The van der Waals surface area contributed by atoms with Gasteiger partial charge in [-0.15, -0.1) is 0 Å².